The number of hydrogen-bond donors (Lipinski definition) is 1. The van der Waals surface area contributed by atoms with E-state index in [0.717, 1.165) is 6.54 Å². The molecule has 1 nitrogen and oxygen atoms in total. The van der Waals surface area contributed by atoms with Crippen molar-refractivity contribution < 1.29 is 0 Å². The monoisotopic (exact) mass is 367 g/mol. The predicted molar refractivity (Wildman–Crippen MR) is 80.2 cm³/mol. The first-order valence-electron chi connectivity index (χ1n) is 5.82. The van der Waals surface area contributed by atoms with Crippen LogP contribution in [0, 0.1) is 5.92 Å². The van der Waals surface area contributed by atoms with Crippen LogP contribution in [0.25, 0.3) is 0 Å². The molecule has 1 atom stereocenters. The third-order valence-corrected chi connectivity index (χ3v) is 5.35. The van der Waals surface area contributed by atoms with Crippen LogP contribution in [0.4, 0.5) is 0 Å². The highest BCUT2D eigenvalue weighted by Gasteiger charge is 2.23. The second-order valence-corrected chi connectivity index (χ2v) is 7.64. The van der Waals surface area contributed by atoms with Gasteiger partial charge in [0.1, 0.15) is 0 Å². The average molecular weight is 369 g/mol. The maximum absolute atomic E-state index is 3.66. The minimum absolute atomic E-state index is 0.469. The van der Waals surface area contributed by atoms with Gasteiger partial charge in [0.05, 0.1) is 7.57 Å². The lowest BCUT2D eigenvalue weighted by Gasteiger charge is -2.26. The van der Waals surface area contributed by atoms with E-state index in [0.29, 0.717) is 12.0 Å². The van der Waals surface area contributed by atoms with Gasteiger partial charge < -0.3 is 5.32 Å². The van der Waals surface area contributed by atoms with E-state index in [2.05, 4.69) is 64.0 Å². The molecular weight excluding hydrogens is 350 g/mol. The number of thiophene rings is 1. The van der Waals surface area contributed by atoms with E-state index >= 15 is 0 Å². The molecule has 0 radical (unpaired) electrons. The highest BCUT2D eigenvalue weighted by molar-refractivity contribution is 9.12. The van der Waals surface area contributed by atoms with Crippen LogP contribution < -0.4 is 5.32 Å². The molecule has 0 saturated carbocycles. The second-order valence-electron chi connectivity index (χ2n) is 3.89. The zero-order valence-corrected chi connectivity index (χ0v) is 14.0. The molecular formula is C12H19Br2NS. The summed E-state index contributed by atoms with van der Waals surface area (Å²) in [4.78, 5) is 0. The number of rotatable bonds is 6. The van der Waals surface area contributed by atoms with Crippen LogP contribution >= 0.6 is 43.2 Å². The van der Waals surface area contributed by atoms with Crippen molar-refractivity contribution >= 4 is 43.2 Å². The second kappa shape index (κ2) is 7.14. The molecule has 0 amide bonds. The summed E-state index contributed by atoms with van der Waals surface area (Å²) >= 11 is 8.97. The molecule has 92 valence electrons. The van der Waals surface area contributed by atoms with Gasteiger partial charge in [-0.1, -0.05) is 33.6 Å². The standard InChI is InChI=1S/C12H19Br2NS/c1-4-8(5-2)11(15-6-3)9-7-10(13)16-12(9)14/h7-8,11,15H,4-6H2,1-3H3. The smallest absolute Gasteiger partial charge is 0.0758 e. The van der Waals surface area contributed by atoms with Crippen molar-refractivity contribution in [2.75, 3.05) is 6.54 Å². The molecule has 0 aliphatic rings. The lowest BCUT2D eigenvalue weighted by Crippen LogP contribution is -2.27. The lowest BCUT2D eigenvalue weighted by atomic mass is 9.90. The average Bonchev–Trinajstić information content (AvgIpc) is 2.58. The molecule has 0 aromatic carbocycles. The Balaban J connectivity index is 2.96. The van der Waals surface area contributed by atoms with Crippen molar-refractivity contribution in [1.82, 2.24) is 5.32 Å². The molecule has 1 aromatic rings. The Labute approximate surface area is 119 Å². The largest absolute Gasteiger partial charge is 0.310 e. The highest BCUT2D eigenvalue weighted by atomic mass is 79.9. The Bertz CT molecular complexity index is 321. The zero-order chi connectivity index (χ0) is 12.1. The summed E-state index contributed by atoms with van der Waals surface area (Å²) in [5, 5.41) is 3.61. The molecule has 16 heavy (non-hydrogen) atoms. The van der Waals surface area contributed by atoms with Gasteiger partial charge in [0.25, 0.3) is 0 Å². The molecule has 0 aliphatic carbocycles. The molecule has 0 aliphatic heterocycles. The van der Waals surface area contributed by atoms with Crippen molar-refractivity contribution in [3.63, 3.8) is 0 Å². The Morgan fingerprint density at radius 2 is 1.88 bits per heavy atom. The fourth-order valence-electron chi connectivity index (χ4n) is 2.08. The topological polar surface area (TPSA) is 12.0 Å². The van der Waals surface area contributed by atoms with Crippen molar-refractivity contribution in [1.29, 1.82) is 0 Å². The van der Waals surface area contributed by atoms with Crippen LogP contribution in [0.1, 0.15) is 45.2 Å². The van der Waals surface area contributed by atoms with Crippen LogP contribution in [0.5, 0.6) is 0 Å². The molecule has 0 fully saturated rings. The maximum atomic E-state index is 3.66. The molecule has 4 heteroatoms. The molecule has 1 aromatic heterocycles. The van der Waals surface area contributed by atoms with E-state index < -0.39 is 0 Å². The van der Waals surface area contributed by atoms with Crippen LogP contribution in [0.15, 0.2) is 13.6 Å². The van der Waals surface area contributed by atoms with Gasteiger partial charge in [-0.3, -0.25) is 0 Å². The first-order chi connectivity index (χ1) is 7.63. The van der Waals surface area contributed by atoms with E-state index in [4.69, 9.17) is 0 Å². The molecule has 0 spiro atoms. The SMILES string of the molecule is CCNC(c1cc(Br)sc1Br)C(CC)CC. The molecule has 0 bridgehead atoms. The van der Waals surface area contributed by atoms with E-state index in [1.165, 1.54) is 26.0 Å². The van der Waals surface area contributed by atoms with Gasteiger partial charge in [0.2, 0.25) is 0 Å². The van der Waals surface area contributed by atoms with Crippen LogP contribution in [0.2, 0.25) is 0 Å². The lowest BCUT2D eigenvalue weighted by molar-refractivity contribution is 0.346. The van der Waals surface area contributed by atoms with Gasteiger partial charge in [-0.15, -0.1) is 11.3 Å². The Morgan fingerprint density at radius 3 is 2.25 bits per heavy atom. The normalized spacial score (nSPS) is 13.4. The zero-order valence-electron chi connectivity index (χ0n) is 10.0. The van der Waals surface area contributed by atoms with Crippen LogP contribution in [0.3, 0.4) is 0 Å². The molecule has 0 saturated heterocycles. The summed E-state index contributed by atoms with van der Waals surface area (Å²) in [5.74, 6) is 0.706. The third kappa shape index (κ3) is 3.56. The highest BCUT2D eigenvalue weighted by Crippen LogP contribution is 2.39. The fourth-order valence-corrected chi connectivity index (χ4v) is 5.00. The maximum Gasteiger partial charge on any atom is 0.0758 e. The fraction of sp³-hybridized carbons (Fsp3) is 0.667. The van der Waals surface area contributed by atoms with Crippen molar-refractivity contribution in [3.05, 3.63) is 19.2 Å². The number of halogens is 2. The van der Waals surface area contributed by atoms with Gasteiger partial charge in [-0.2, -0.15) is 0 Å². The Kier molecular flexibility index (Phi) is 6.55. The van der Waals surface area contributed by atoms with Gasteiger partial charge in [-0.05, 0) is 56.0 Å². The molecule has 1 rings (SSSR count). The first kappa shape index (κ1) is 14.7. The summed E-state index contributed by atoms with van der Waals surface area (Å²) in [6.07, 6.45) is 2.43. The van der Waals surface area contributed by atoms with Crippen molar-refractivity contribution in [3.8, 4) is 0 Å². The first-order valence-corrected chi connectivity index (χ1v) is 8.22. The quantitative estimate of drug-likeness (QED) is 0.712. The summed E-state index contributed by atoms with van der Waals surface area (Å²) in [6.45, 7) is 7.73. The van der Waals surface area contributed by atoms with Crippen molar-refractivity contribution in [2.45, 2.75) is 39.7 Å². The summed E-state index contributed by atoms with van der Waals surface area (Å²) in [5.41, 5.74) is 1.40. The number of nitrogens with one attached hydrogen (secondary N) is 1. The summed E-state index contributed by atoms with van der Waals surface area (Å²) in [7, 11) is 0. The minimum atomic E-state index is 0.469. The van der Waals surface area contributed by atoms with E-state index in [9.17, 15) is 0 Å². The number of hydrogen-bond acceptors (Lipinski definition) is 2. The summed E-state index contributed by atoms with van der Waals surface area (Å²) < 4.78 is 2.44. The molecule has 1 unspecified atom stereocenters. The summed E-state index contributed by atoms with van der Waals surface area (Å²) in [6, 6.07) is 2.71. The molecule has 1 N–H and O–H groups in total. The van der Waals surface area contributed by atoms with Crippen LogP contribution in [-0.4, -0.2) is 6.54 Å². The Morgan fingerprint density at radius 1 is 1.25 bits per heavy atom. The van der Waals surface area contributed by atoms with Gasteiger partial charge in [-0.25, -0.2) is 0 Å². The van der Waals surface area contributed by atoms with Gasteiger partial charge in [0, 0.05) is 6.04 Å². The minimum Gasteiger partial charge on any atom is -0.310 e. The third-order valence-electron chi connectivity index (χ3n) is 2.96. The Hall–Kier alpha value is 0.620. The van der Waals surface area contributed by atoms with E-state index in [1.807, 2.05) is 0 Å². The van der Waals surface area contributed by atoms with Crippen LogP contribution in [-0.2, 0) is 0 Å². The van der Waals surface area contributed by atoms with Crippen molar-refractivity contribution in [2.24, 2.45) is 5.92 Å². The predicted octanol–water partition coefficient (Wildman–Crippen LogP) is 5.36. The van der Waals surface area contributed by atoms with Gasteiger partial charge >= 0.3 is 0 Å². The molecule has 1 heterocycles. The van der Waals surface area contributed by atoms with E-state index in [-0.39, 0.29) is 0 Å². The van der Waals surface area contributed by atoms with E-state index in [1.54, 1.807) is 11.3 Å². The van der Waals surface area contributed by atoms with Gasteiger partial charge in [0.15, 0.2) is 0 Å².